The molecule has 0 heterocycles. The van der Waals surface area contributed by atoms with Gasteiger partial charge in [-0.2, -0.15) is 0 Å². The van der Waals surface area contributed by atoms with Crippen molar-refractivity contribution in [2.24, 2.45) is 0 Å². The maximum absolute atomic E-state index is 11.4. The topological polar surface area (TPSA) is 26.3 Å². The molecule has 0 fully saturated rings. The minimum absolute atomic E-state index is 0.0481. The molecule has 2 aromatic carbocycles. The molecule has 0 spiro atoms. The molecule has 1 aliphatic rings. The number of hydrogen-bond acceptors (Lipinski definition) is 2. The van der Waals surface area contributed by atoms with Gasteiger partial charge in [0, 0.05) is 16.9 Å². The van der Waals surface area contributed by atoms with Crippen LogP contribution in [0.5, 0.6) is 0 Å². The highest BCUT2D eigenvalue weighted by atomic mass is 16.5. The van der Waals surface area contributed by atoms with Crippen LogP contribution in [0.3, 0.4) is 0 Å². The highest BCUT2D eigenvalue weighted by molar-refractivity contribution is 5.89. The fourth-order valence-corrected chi connectivity index (χ4v) is 3.07. The predicted octanol–water partition coefficient (Wildman–Crippen LogP) is 3.91. The van der Waals surface area contributed by atoms with E-state index < -0.39 is 5.97 Å². The van der Waals surface area contributed by atoms with Crippen LogP contribution in [0, 0.1) is 11.8 Å². The van der Waals surface area contributed by atoms with Crippen LogP contribution >= 0.6 is 0 Å². The summed E-state index contributed by atoms with van der Waals surface area (Å²) in [5, 5.41) is 0. The molecule has 0 saturated carbocycles. The normalized spacial score (nSPS) is 13.6. The minimum atomic E-state index is -0.481. The standard InChI is InChI=1S/C20H18O2/c1-4-22-19(21)12-10-14-9-11-16-15-7-5-6-8-17(15)20(2,3)18(16)13-14/h5-9,11,13H,4H2,1-3H3. The van der Waals surface area contributed by atoms with E-state index in [1.54, 1.807) is 6.92 Å². The first-order chi connectivity index (χ1) is 10.5. The molecule has 2 heteroatoms. The van der Waals surface area contributed by atoms with Crippen molar-refractivity contribution in [1.82, 2.24) is 0 Å². The number of fused-ring (bicyclic) bond motifs is 3. The van der Waals surface area contributed by atoms with E-state index in [2.05, 4.69) is 62.1 Å². The van der Waals surface area contributed by atoms with Crippen LogP contribution in [0.15, 0.2) is 42.5 Å². The zero-order chi connectivity index (χ0) is 15.7. The average Bonchev–Trinajstić information content (AvgIpc) is 2.74. The summed E-state index contributed by atoms with van der Waals surface area (Å²) in [6.45, 7) is 6.56. The maximum Gasteiger partial charge on any atom is 0.384 e. The van der Waals surface area contributed by atoms with Crippen LogP contribution < -0.4 is 0 Å². The van der Waals surface area contributed by atoms with Gasteiger partial charge in [-0.25, -0.2) is 4.79 Å². The van der Waals surface area contributed by atoms with Gasteiger partial charge in [0.05, 0.1) is 6.61 Å². The van der Waals surface area contributed by atoms with Crippen molar-refractivity contribution >= 4 is 5.97 Å². The molecule has 3 rings (SSSR count). The summed E-state index contributed by atoms with van der Waals surface area (Å²) in [4.78, 5) is 11.4. The Bertz CT molecular complexity index is 804. The van der Waals surface area contributed by atoms with Crippen molar-refractivity contribution in [3.05, 3.63) is 59.2 Å². The number of ether oxygens (including phenoxy) is 1. The van der Waals surface area contributed by atoms with Gasteiger partial charge in [-0.1, -0.05) is 50.1 Å². The average molecular weight is 290 g/mol. The SMILES string of the molecule is CCOC(=O)C#Cc1ccc2c(c1)C(C)(C)c1ccccc1-2. The molecule has 1 aliphatic carbocycles. The quantitative estimate of drug-likeness (QED) is 0.588. The number of carbonyl (C=O) groups is 1. The highest BCUT2D eigenvalue weighted by Gasteiger charge is 2.34. The van der Waals surface area contributed by atoms with Crippen molar-refractivity contribution in [3.8, 4) is 23.0 Å². The Hall–Kier alpha value is -2.53. The third-order valence-corrected chi connectivity index (χ3v) is 4.17. The Labute approximate surface area is 131 Å². The molecule has 0 N–H and O–H groups in total. The third-order valence-electron chi connectivity index (χ3n) is 4.17. The van der Waals surface area contributed by atoms with E-state index >= 15 is 0 Å². The molecule has 0 aliphatic heterocycles. The summed E-state index contributed by atoms with van der Waals surface area (Å²) in [6.07, 6.45) is 0. The second-order valence-electron chi connectivity index (χ2n) is 5.90. The molecule has 0 atom stereocenters. The Morgan fingerprint density at radius 3 is 2.59 bits per heavy atom. The van der Waals surface area contributed by atoms with Crippen LogP contribution in [-0.4, -0.2) is 12.6 Å². The number of benzene rings is 2. The largest absolute Gasteiger partial charge is 0.456 e. The van der Waals surface area contributed by atoms with Gasteiger partial charge in [0.25, 0.3) is 0 Å². The first kappa shape index (κ1) is 14.4. The summed E-state index contributed by atoms with van der Waals surface area (Å²) in [5.74, 6) is 4.95. The summed E-state index contributed by atoms with van der Waals surface area (Å²) in [7, 11) is 0. The highest BCUT2D eigenvalue weighted by Crippen LogP contribution is 2.48. The number of carbonyl (C=O) groups excluding carboxylic acids is 1. The van der Waals surface area contributed by atoms with Crippen LogP contribution in [0.1, 0.15) is 37.5 Å². The van der Waals surface area contributed by atoms with Crippen molar-refractivity contribution in [1.29, 1.82) is 0 Å². The summed E-state index contributed by atoms with van der Waals surface area (Å²) >= 11 is 0. The van der Waals surface area contributed by atoms with E-state index in [1.807, 2.05) is 6.07 Å². The second-order valence-corrected chi connectivity index (χ2v) is 5.90. The second kappa shape index (κ2) is 5.35. The summed E-state index contributed by atoms with van der Waals surface area (Å²) < 4.78 is 4.84. The van der Waals surface area contributed by atoms with Crippen molar-refractivity contribution in [2.45, 2.75) is 26.2 Å². The van der Waals surface area contributed by atoms with Gasteiger partial charge in [-0.3, -0.25) is 0 Å². The van der Waals surface area contributed by atoms with Gasteiger partial charge in [-0.05, 0) is 41.3 Å². The van der Waals surface area contributed by atoms with E-state index in [9.17, 15) is 4.79 Å². The predicted molar refractivity (Wildman–Crippen MR) is 87.5 cm³/mol. The molecule has 0 unspecified atom stereocenters. The lowest BCUT2D eigenvalue weighted by Crippen LogP contribution is -2.14. The van der Waals surface area contributed by atoms with E-state index in [4.69, 9.17) is 4.74 Å². The lowest BCUT2D eigenvalue weighted by atomic mass is 9.82. The monoisotopic (exact) mass is 290 g/mol. The van der Waals surface area contributed by atoms with Crippen LogP contribution in [0.2, 0.25) is 0 Å². The Kier molecular flexibility index (Phi) is 3.50. The molecule has 0 amide bonds. The summed E-state index contributed by atoms with van der Waals surface area (Å²) in [5.41, 5.74) is 5.92. The zero-order valence-corrected chi connectivity index (χ0v) is 13.1. The van der Waals surface area contributed by atoms with Crippen LogP contribution in [-0.2, 0) is 14.9 Å². The van der Waals surface area contributed by atoms with Gasteiger partial charge in [-0.15, -0.1) is 0 Å². The van der Waals surface area contributed by atoms with Crippen molar-refractivity contribution in [2.75, 3.05) is 6.61 Å². The van der Waals surface area contributed by atoms with Crippen LogP contribution in [0.4, 0.5) is 0 Å². The molecule has 0 radical (unpaired) electrons. The molecule has 22 heavy (non-hydrogen) atoms. The minimum Gasteiger partial charge on any atom is -0.456 e. The first-order valence-corrected chi connectivity index (χ1v) is 7.47. The van der Waals surface area contributed by atoms with Gasteiger partial charge in [0.15, 0.2) is 0 Å². The van der Waals surface area contributed by atoms with E-state index in [0.717, 1.165) is 5.56 Å². The fraction of sp³-hybridized carbons (Fsp3) is 0.250. The molecule has 0 bridgehead atoms. The maximum atomic E-state index is 11.4. The first-order valence-electron chi connectivity index (χ1n) is 7.47. The van der Waals surface area contributed by atoms with Gasteiger partial charge < -0.3 is 4.74 Å². The van der Waals surface area contributed by atoms with Crippen LogP contribution in [0.25, 0.3) is 11.1 Å². The lowest BCUT2D eigenvalue weighted by molar-refractivity contribution is -0.136. The molecule has 2 aromatic rings. The number of hydrogen-bond donors (Lipinski definition) is 0. The Balaban J connectivity index is 2.03. The summed E-state index contributed by atoms with van der Waals surface area (Å²) in [6, 6.07) is 14.6. The molecule has 0 aromatic heterocycles. The lowest BCUT2D eigenvalue weighted by Gasteiger charge is -2.21. The molecular weight excluding hydrogens is 272 g/mol. The molecular formula is C20H18O2. The fourth-order valence-electron chi connectivity index (χ4n) is 3.07. The smallest absolute Gasteiger partial charge is 0.384 e. The van der Waals surface area contributed by atoms with E-state index in [-0.39, 0.29) is 5.41 Å². The van der Waals surface area contributed by atoms with Crippen molar-refractivity contribution < 1.29 is 9.53 Å². The van der Waals surface area contributed by atoms with E-state index in [1.165, 1.54) is 22.3 Å². The third kappa shape index (κ3) is 2.29. The molecule has 110 valence electrons. The Morgan fingerprint density at radius 1 is 1.09 bits per heavy atom. The van der Waals surface area contributed by atoms with Crippen molar-refractivity contribution in [3.63, 3.8) is 0 Å². The Morgan fingerprint density at radius 2 is 1.82 bits per heavy atom. The molecule has 0 saturated heterocycles. The molecule has 2 nitrogen and oxygen atoms in total. The van der Waals surface area contributed by atoms with E-state index in [0.29, 0.717) is 6.61 Å². The number of esters is 1. The van der Waals surface area contributed by atoms with Gasteiger partial charge >= 0.3 is 5.97 Å². The zero-order valence-electron chi connectivity index (χ0n) is 13.1. The van der Waals surface area contributed by atoms with Gasteiger partial charge in [0.1, 0.15) is 0 Å². The van der Waals surface area contributed by atoms with Gasteiger partial charge in [0.2, 0.25) is 0 Å². The number of rotatable bonds is 1.